The van der Waals surface area contributed by atoms with Crippen LogP contribution in [-0.4, -0.2) is 34.7 Å². The summed E-state index contributed by atoms with van der Waals surface area (Å²) in [7, 11) is 0. The molecule has 1 unspecified atom stereocenters. The fourth-order valence-corrected chi connectivity index (χ4v) is 4.52. The van der Waals surface area contributed by atoms with E-state index >= 15 is 0 Å². The van der Waals surface area contributed by atoms with Gasteiger partial charge in [0.1, 0.15) is 5.82 Å². The van der Waals surface area contributed by atoms with Gasteiger partial charge in [-0.15, -0.1) is 0 Å². The molecule has 1 saturated heterocycles. The SMILES string of the molecule is O=C(O)C[C@H]1CCN(Cc2cc(F)ccc2C(F)(F)F)[C@@H](C2C=CC(C(F)(F)F)=CC2)C1. The maximum Gasteiger partial charge on any atom is 0.416 e. The van der Waals surface area contributed by atoms with Crippen molar-refractivity contribution in [3.8, 4) is 0 Å². The predicted molar refractivity (Wildman–Crippen MR) is 102 cm³/mol. The van der Waals surface area contributed by atoms with Crippen molar-refractivity contribution >= 4 is 5.97 Å². The Kier molecular flexibility index (Phi) is 7.02. The zero-order valence-electron chi connectivity index (χ0n) is 16.9. The molecule has 3 rings (SSSR count). The molecule has 1 aliphatic carbocycles. The number of hydrogen-bond acceptors (Lipinski definition) is 2. The summed E-state index contributed by atoms with van der Waals surface area (Å²) in [5.41, 5.74) is -2.02. The van der Waals surface area contributed by atoms with E-state index in [-0.39, 0.29) is 37.4 Å². The Balaban J connectivity index is 1.86. The Bertz CT molecular complexity index is 905. The number of benzene rings is 1. The van der Waals surface area contributed by atoms with Gasteiger partial charge in [-0.1, -0.05) is 18.2 Å². The Morgan fingerprint density at radius 3 is 2.41 bits per heavy atom. The number of piperidine rings is 1. The Labute approximate surface area is 180 Å². The van der Waals surface area contributed by atoms with Gasteiger partial charge in [0, 0.05) is 19.0 Å². The maximum absolute atomic E-state index is 13.7. The predicted octanol–water partition coefficient (Wildman–Crippen LogP) is 5.96. The first-order chi connectivity index (χ1) is 14.8. The minimum atomic E-state index is -4.69. The molecular weight excluding hydrogens is 443 g/mol. The zero-order valence-corrected chi connectivity index (χ0v) is 16.9. The minimum Gasteiger partial charge on any atom is -0.481 e. The summed E-state index contributed by atoms with van der Waals surface area (Å²) in [4.78, 5) is 12.8. The van der Waals surface area contributed by atoms with Crippen molar-refractivity contribution in [1.29, 1.82) is 0 Å². The van der Waals surface area contributed by atoms with Crippen molar-refractivity contribution in [2.24, 2.45) is 11.8 Å². The molecule has 0 saturated carbocycles. The smallest absolute Gasteiger partial charge is 0.416 e. The number of rotatable bonds is 5. The van der Waals surface area contributed by atoms with Crippen LogP contribution in [0.4, 0.5) is 30.7 Å². The summed E-state index contributed by atoms with van der Waals surface area (Å²) in [6.07, 6.45) is -5.16. The summed E-state index contributed by atoms with van der Waals surface area (Å²) in [6.45, 7) is 0.0217. The number of hydrogen-bond donors (Lipinski definition) is 1. The number of alkyl halides is 6. The second-order valence-corrected chi connectivity index (χ2v) is 8.24. The van der Waals surface area contributed by atoms with Crippen LogP contribution in [0.1, 0.15) is 36.8 Å². The molecule has 1 fully saturated rings. The van der Waals surface area contributed by atoms with Crippen molar-refractivity contribution in [2.45, 2.75) is 50.6 Å². The molecule has 0 bridgehead atoms. The average molecular weight is 465 g/mol. The highest BCUT2D eigenvalue weighted by atomic mass is 19.4. The number of allylic oxidation sites excluding steroid dienone is 3. The molecule has 2 aliphatic rings. The summed E-state index contributed by atoms with van der Waals surface area (Å²) in [5.74, 6) is -2.50. The van der Waals surface area contributed by atoms with Gasteiger partial charge >= 0.3 is 18.3 Å². The number of likely N-dealkylation sites (tertiary alicyclic amines) is 1. The number of aliphatic carboxylic acids is 1. The summed E-state index contributed by atoms with van der Waals surface area (Å²) >= 11 is 0. The van der Waals surface area contributed by atoms with Crippen LogP contribution in [0.3, 0.4) is 0 Å². The quantitative estimate of drug-likeness (QED) is 0.546. The normalized spacial score (nSPS) is 25.0. The molecule has 3 atom stereocenters. The molecular formula is C22H22F7NO2. The molecule has 1 aromatic carbocycles. The lowest BCUT2D eigenvalue weighted by atomic mass is 9.79. The van der Waals surface area contributed by atoms with Gasteiger partial charge in [-0.3, -0.25) is 9.69 Å². The van der Waals surface area contributed by atoms with Crippen molar-refractivity contribution < 1.29 is 40.6 Å². The standard InChI is InChI=1S/C22H22F7NO2/c23-17-5-6-18(22(27,28)29)15(11-17)12-30-8-7-13(10-20(31)32)9-19(30)14-1-3-16(4-2-14)21(24,25)26/h1,3-6,11,13-14,19H,2,7-10,12H2,(H,31,32)/t13-,14?,19+/m0/s1. The fourth-order valence-electron chi connectivity index (χ4n) is 4.52. The van der Waals surface area contributed by atoms with E-state index in [0.29, 0.717) is 18.9 Å². The third kappa shape index (κ3) is 5.90. The summed E-state index contributed by atoms with van der Waals surface area (Å²) < 4.78 is 92.8. The van der Waals surface area contributed by atoms with Crippen LogP contribution < -0.4 is 0 Å². The number of carbonyl (C=O) groups is 1. The van der Waals surface area contributed by atoms with Gasteiger partial charge < -0.3 is 5.11 Å². The average Bonchev–Trinajstić information content (AvgIpc) is 2.67. The van der Waals surface area contributed by atoms with Crippen LogP contribution in [0, 0.1) is 17.7 Å². The molecule has 0 spiro atoms. The van der Waals surface area contributed by atoms with E-state index in [1.54, 1.807) is 4.90 Å². The first-order valence-corrected chi connectivity index (χ1v) is 10.1. The second kappa shape index (κ2) is 9.25. The van der Waals surface area contributed by atoms with Crippen LogP contribution in [0.15, 0.2) is 42.0 Å². The van der Waals surface area contributed by atoms with E-state index in [0.717, 1.165) is 24.3 Å². The number of carboxylic acid groups (broad SMARTS) is 1. The first kappa shape index (κ1) is 24.3. The van der Waals surface area contributed by atoms with Crippen LogP contribution in [0.5, 0.6) is 0 Å². The van der Waals surface area contributed by atoms with Gasteiger partial charge in [0.2, 0.25) is 0 Å². The largest absolute Gasteiger partial charge is 0.481 e. The van der Waals surface area contributed by atoms with Gasteiger partial charge in [0.05, 0.1) is 11.1 Å². The molecule has 1 aliphatic heterocycles. The van der Waals surface area contributed by atoms with Gasteiger partial charge in [0.25, 0.3) is 0 Å². The topological polar surface area (TPSA) is 40.5 Å². The lowest BCUT2D eigenvalue weighted by molar-refractivity contribution is -0.140. The van der Waals surface area contributed by atoms with Crippen LogP contribution in [-0.2, 0) is 17.5 Å². The minimum absolute atomic E-state index is 0.0293. The van der Waals surface area contributed by atoms with Crippen molar-refractivity contribution in [3.05, 3.63) is 58.9 Å². The molecule has 0 radical (unpaired) electrons. The maximum atomic E-state index is 13.7. The highest BCUT2D eigenvalue weighted by Gasteiger charge is 2.39. The Morgan fingerprint density at radius 1 is 1.12 bits per heavy atom. The Hall–Kier alpha value is -2.36. The molecule has 10 heteroatoms. The van der Waals surface area contributed by atoms with E-state index in [4.69, 9.17) is 5.11 Å². The third-order valence-corrected chi connectivity index (χ3v) is 6.03. The van der Waals surface area contributed by atoms with Crippen LogP contribution >= 0.6 is 0 Å². The lowest BCUT2D eigenvalue weighted by Gasteiger charge is -2.43. The molecule has 0 amide bonds. The number of nitrogens with zero attached hydrogens (tertiary/aromatic N) is 1. The van der Waals surface area contributed by atoms with Gasteiger partial charge in [-0.25, -0.2) is 4.39 Å². The lowest BCUT2D eigenvalue weighted by Crippen LogP contribution is -2.46. The van der Waals surface area contributed by atoms with Crippen LogP contribution in [0.25, 0.3) is 0 Å². The van der Waals surface area contributed by atoms with E-state index in [2.05, 4.69) is 0 Å². The van der Waals surface area contributed by atoms with Crippen molar-refractivity contribution in [2.75, 3.05) is 6.54 Å². The highest BCUT2D eigenvalue weighted by molar-refractivity contribution is 5.67. The summed E-state index contributed by atoms with van der Waals surface area (Å²) in [6, 6.07) is 1.76. The van der Waals surface area contributed by atoms with Gasteiger partial charge in [-0.05, 0) is 61.4 Å². The van der Waals surface area contributed by atoms with Crippen molar-refractivity contribution in [3.63, 3.8) is 0 Å². The summed E-state index contributed by atoms with van der Waals surface area (Å²) in [5, 5.41) is 9.12. The number of halogens is 7. The highest BCUT2D eigenvalue weighted by Crippen LogP contribution is 2.39. The van der Waals surface area contributed by atoms with Crippen molar-refractivity contribution in [1.82, 2.24) is 4.90 Å². The van der Waals surface area contributed by atoms with E-state index in [1.807, 2.05) is 0 Å². The Morgan fingerprint density at radius 2 is 1.84 bits per heavy atom. The molecule has 3 nitrogen and oxygen atoms in total. The van der Waals surface area contributed by atoms with E-state index < -0.39 is 47.2 Å². The first-order valence-electron chi connectivity index (χ1n) is 10.1. The molecule has 32 heavy (non-hydrogen) atoms. The molecule has 1 N–H and O–H groups in total. The van der Waals surface area contributed by atoms with Gasteiger partial charge in [-0.2, -0.15) is 26.3 Å². The fraction of sp³-hybridized carbons (Fsp3) is 0.500. The van der Waals surface area contributed by atoms with E-state index in [1.165, 1.54) is 6.08 Å². The molecule has 0 aromatic heterocycles. The molecule has 176 valence electrons. The number of carboxylic acids is 1. The van der Waals surface area contributed by atoms with Gasteiger partial charge in [0.15, 0.2) is 0 Å². The molecule has 1 aromatic rings. The monoisotopic (exact) mass is 465 g/mol. The van der Waals surface area contributed by atoms with E-state index in [9.17, 15) is 35.5 Å². The zero-order chi connectivity index (χ0) is 23.7. The second-order valence-electron chi connectivity index (χ2n) is 8.24. The third-order valence-electron chi connectivity index (χ3n) is 6.03. The molecule has 1 heterocycles. The van der Waals surface area contributed by atoms with Crippen LogP contribution in [0.2, 0.25) is 0 Å².